The molecule has 10 rings (SSSR count). The van der Waals surface area contributed by atoms with E-state index in [0.29, 0.717) is 24.5 Å². The number of carbonyl (C=O) groups excluding carboxylic acids is 3. The molecule has 82 heavy (non-hydrogen) atoms. The van der Waals surface area contributed by atoms with Gasteiger partial charge in [-0.05, 0) is 95.2 Å². The number of β-amino-alcohol motifs (C(OH)–C–C–N with tert-alkyl or cyclic N) is 1. The van der Waals surface area contributed by atoms with E-state index >= 15 is 4.39 Å². The zero-order chi connectivity index (χ0) is 57.9. The maximum atomic E-state index is 17.3. The summed E-state index contributed by atoms with van der Waals surface area (Å²) in [6, 6.07) is 20.3. The molecule has 3 aromatic carbocycles. The van der Waals surface area contributed by atoms with Gasteiger partial charge in [-0.25, -0.2) is 8.78 Å². The second-order valence-electron chi connectivity index (χ2n) is 22.0. The number of carbonyl (C=O) groups is 3. The molecule has 1 aliphatic carbocycles. The Labute approximate surface area is 478 Å². The van der Waals surface area contributed by atoms with E-state index in [4.69, 9.17) is 30.6 Å². The van der Waals surface area contributed by atoms with Crippen LogP contribution >= 0.6 is 11.6 Å². The summed E-state index contributed by atoms with van der Waals surface area (Å²) in [5.41, 5.74) is 3.37. The molecule has 6 atom stereocenters. The minimum Gasteiger partial charge on any atom is -0.475 e. The molecule has 430 valence electrons. The predicted octanol–water partition coefficient (Wildman–Crippen LogP) is 5.72. The molecule has 6 heterocycles. The monoisotopic (exact) mass is 1140 g/mol. The lowest BCUT2D eigenvalue weighted by molar-refractivity contribution is -0.141. The van der Waals surface area contributed by atoms with E-state index < -0.39 is 47.8 Å². The van der Waals surface area contributed by atoms with Crippen molar-refractivity contribution in [3.05, 3.63) is 123 Å². The van der Waals surface area contributed by atoms with E-state index in [1.165, 1.54) is 9.80 Å². The van der Waals surface area contributed by atoms with Crippen molar-refractivity contribution in [1.82, 2.24) is 44.9 Å². The Hall–Kier alpha value is -7.77. The van der Waals surface area contributed by atoms with Gasteiger partial charge in [-0.3, -0.25) is 24.0 Å². The van der Waals surface area contributed by atoms with Gasteiger partial charge in [-0.2, -0.15) is 20.3 Å². The first kappa shape index (κ1) is 57.5. The van der Waals surface area contributed by atoms with Crippen molar-refractivity contribution >= 4 is 57.7 Å². The first-order chi connectivity index (χ1) is 39.5. The summed E-state index contributed by atoms with van der Waals surface area (Å²) in [4.78, 5) is 57.1. The van der Waals surface area contributed by atoms with Gasteiger partial charge in [-0.15, -0.1) is 0 Å². The standard InChI is InChI=1S/C60H66ClF2N11O8/c1-34(2)52(59(79)74-32-43(76)28-49(74)57(77)66-36(4)38-10-12-39(13-11-38)48-15-19-65-70(48)5)50-30-51(69-82-50)81-33-37-16-20-71(21-17-37)24-25-80-60-67-55-46(56(68-60)72-22-23-73(58(78)35(3)62)41(31-72)14-18-64)29-47(61)53(54(55)63)45-27-42(75)26-40-8-6-7-9-44(40)45/h6-13,15,19,26,29-30,34,36-37,41-43,49,52,75-76H,3,14,16-17,20-25,27-28,31-33H2,1-2,4-5H3,(H,66,77)/t36-,41-,42?,43+,49-,52+/m0/s1. The summed E-state index contributed by atoms with van der Waals surface area (Å²) in [5.74, 6) is -3.52. The average molecular weight is 1140 g/mol. The fourth-order valence-corrected chi connectivity index (χ4v) is 12.1. The molecular weight excluding hydrogens is 1080 g/mol. The molecule has 19 nitrogen and oxygen atoms in total. The van der Waals surface area contributed by atoms with Crippen molar-refractivity contribution in [2.24, 2.45) is 18.9 Å². The number of aryl methyl sites for hydroxylation is 1. The van der Waals surface area contributed by atoms with E-state index in [-0.39, 0.29) is 121 Å². The second-order valence-corrected chi connectivity index (χ2v) is 22.4. The molecule has 4 aliphatic rings. The molecule has 3 amide bonds. The summed E-state index contributed by atoms with van der Waals surface area (Å²) in [5, 5.41) is 44.6. The van der Waals surface area contributed by atoms with Gasteiger partial charge in [0, 0.05) is 75.8 Å². The third-order valence-corrected chi connectivity index (χ3v) is 16.4. The number of nitrogens with zero attached hydrogens (tertiary/aromatic N) is 10. The topological polar surface area (TPSA) is 229 Å². The van der Waals surface area contributed by atoms with Gasteiger partial charge in [0.05, 0.1) is 54.1 Å². The van der Waals surface area contributed by atoms with Gasteiger partial charge in [0.15, 0.2) is 17.4 Å². The molecule has 0 spiro atoms. The normalized spacial score (nSPS) is 20.3. The summed E-state index contributed by atoms with van der Waals surface area (Å²) in [7, 11) is 1.87. The number of aromatic nitrogens is 5. The van der Waals surface area contributed by atoms with Crippen LogP contribution in [0.25, 0.3) is 33.8 Å². The molecule has 22 heteroatoms. The number of hydrogen-bond acceptors (Lipinski definition) is 15. The molecule has 3 saturated heterocycles. The van der Waals surface area contributed by atoms with Gasteiger partial charge in [0.2, 0.25) is 11.8 Å². The molecular formula is C60H66ClF2N11O8. The van der Waals surface area contributed by atoms with E-state index in [2.05, 4.69) is 38.1 Å². The first-order valence-electron chi connectivity index (χ1n) is 27.7. The molecule has 0 saturated carbocycles. The lowest BCUT2D eigenvalue weighted by Crippen LogP contribution is -2.55. The minimum atomic E-state index is -1.14. The van der Waals surface area contributed by atoms with Gasteiger partial charge in [0.25, 0.3) is 11.8 Å². The Bertz CT molecular complexity index is 3540. The van der Waals surface area contributed by atoms with Crippen molar-refractivity contribution in [2.75, 3.05) is 63.9 Å². The van der Waals surface area contributed by atoms with Crippen LogP contribution in [0.2, 0.25) is 5.02 Å². The molecule has 3 N–H and O–H groups in total. The van der Waals surface area contributed by atoms with Crippen LogP contribution in [0.3, 0.4) is 0 Å². The van der Waals surface area contributed by atoms with Crippen LogP contribution in [0.1, 0.15) is 81.7 Å². The number of aliphatic hydroxyl groups is 2. The molecule has 1 unspecified atom stereocenters. The number of fused-ring (bicyclic) bond motifs is 2. The van der Waals surface area contributed by atoms with Crippen LogP contribution in [-0.4, -0.2) is 151 Å². The zero-order valence-electron chi connectivity index (χ0n) is 46.2. The molecule has 6 aromatic rings. The SMILES string of the molecule is C=C(F)C(=O)N1CCN(c2nc(OCCN3CCC(COc4cc([C@H](C(=O)N5C[C@H](O)C[C@H]5C(=O)N[C@@H](C)c5ccc(-c6ccnn6C)cc5)C(C)C)on4)CC3)nc3c(F)c(C4=c5ccccc5=CC(O)C4)c(Cl)cc23)C[C@@H]1CC#N. The molecule has 0 bridgehead atoms. The third kappa shape index (κ3) is 12.2. The molecule has 3 fully saturated rings. The highest BCUT2D eigenvalue weighted by Crippen LogP contribution is 2.39. The third-order valence-electron chi connectivity index (χ3n) is 16.1. The number of hydrogen-bond donors (Lipinski definition) is 3. The molecule has 3 aliphatic heterocycles. The van der Waals surface area contributed by atoms with Crippen LogP contribution in [-0.2, 0) is 21.4 Å². The highest BCUT2D eigenvalue weighted by atomic mass is 35.5. The van der Waals surface area contributed by atoms with Crippen LogP contribution < -0.4 is 30.1 Å². The van der Waals surface area contributed by atoms with Crippen molar-refractivity contribution in [3.63, 3.8) is 0 Å². The summed E-state index contributed by atoms with van der Waals surface area (Å²) in [6.07, 6.45) is 3.39. The predicted molar refractivity (Wildman–Crippen MR) is 302 cm³/mol. The number of halogens is 3. The first-order valence-corrected chi connectivity index (χ1v) is 28.1. The lowest BCUT2D eigenvalue weighted by atomic mass is 9.91. The highest BCUT2D eigenvalue weighted by molar-refractivity contribution is 6.33. The Balaban J connectivity index is 0.766. The molecule has 0 radical (unpaired) electrons. The van der Waals surface area contributed by atoms with Gasteiger partial charge in [0.1, 0.15) is 29.9 Å². The van der Waals surface area contributed by atoms with E-state index in [1.807, 2.05) is 82.4 Å². The number of likely N-dealkylation sites (tertiary alicyclic amines) is 2. The summed E-state index contributed by atoms with van der Waals surface area (Å²) >= 11 is 6.96. The lowest BCUT2D eigenvalue weighted by Gasteiger charge is -2.41. The maximum Gasteiger partial charge on any atom is 0.319 e. The van der Waals surface area contributed by atoms with Crippen LogP contribution in [0.5, 0.6) is 11.9 Å². The average Bonchev–Trinajstić information content (AvgIpc) is 2.13. The van der Waals surface area contributed by atoms with Gasteiger partial charge in [-0.1, -0.05) is 80.6 Å². The molecule has 3 aromatic heterocycles. The van der Waals surface area contributed by atoms with Crippen molar-refractivity contribution < 1.29 is 47.4 Å². The highest BCUT2D eigenvalue weighted by Gasteiger charge is 2.44. The van der Waals surface area contributed by atoms with Crippen LogP contribution in [0.4, 0.5) is 14.6 Å². The van der Waals surface area contributed by atoms with Crippen LogP contribution in [0, 0.1) is 29.0 Å². The Kier molecular flexibility index (Phi) is 17.3. The van der Waals surface area contributed by atoms with Gasteiger partial charge >= 0.3 is 6.01 Å². The van der Waals surface area contributed by atoms with Crippen LogP contribution in [0.15, 0.2) is 89.9 Å². The number of piperidine rings is 1. The Morgan fingerprint density at radius 3 is 2.48 bits per heavy atom. The number of nitrogens with one attached hydrogen (secondary N) is 1. The smallest absolute Gasteiger partial charge is 0.319 e. The van der Waals surface area contributed by atoms with E-state index in [1.54, 1.807) is 34.0 Å². The largest absolute Gasteiger partial charge is 0.475 e. The number of nitriles is 1. The quantitative estimate of drug-likeness (QED) is 0.0875. The fourth-order valence-electron chi connectivity index (χ4n) is 11.8. The van der Waals surface area contributed by atoms with Crippen molar-refractivity contribution in [3.8, 4) is 29.2 Å². The number of aliphatic hydroxyl groups excluding tert-OH is 2. The van der Waals surface area contributed by atoms with E-state index in [9.17, 15) is 34.2 Å². The number of benzene rings is 3. The van der Waals surface area contributed by atoms with Crippen molar-refractivity contribution in [1.29, 1.82) is 5.26 Å². The Morgan fingerprint density at radius 1 is 0.988 bits per heavy atom. The summed E-state index contributed by atoms with van der Waals surface area (Å²) < 4.78 is 51.3. The van der Waals surface area contributed by atoms with Crippen molar-refractivity contribution in [2.45, 2.75) is 89.1 Å². The zero-order valence-corrected chi connectivity index (χ0v) is 46.9. The maximum absolute atomic E-state index is 17.3. The number of ether oxygens (including phenoxy) is 2. The van der Waals surface area contributed by atoms with Gasteiger partial charge < -0.3 is 44.2 Å². The second kappa shape index (κ2) is 24.8. The Morgan fingerprint density at radius 2 is 1.76 bits per heavy atom. The number of amides is 3. The van der Waals surface area contributed by atoms with E-state index in [0.717, 1.165) is 53.2 Å². The number of piperazine rings is 1. The number of rotatable bonds is 18. The summed E-state index contributed by atoms with van der Waals surface area (Å²) in [6.45, 7) is 11.5. The minimum absolute atomic E-state index is 0.00263. The number of anilines is 1. The fraction of sp³-hybridized carbons (Fsp3) is 0.433.